The molecule has 0 aromatic carbocycles. The van der Waals surface area contributed by atoms with Gasteiger partial charge in [0.25, 0.3) is 0 Å². The number of methoxy groups -OCH3 is 3. The fourth-order valence-electron chi connectivity index (χ4n) is 3.45. The zero-order valence-electron chi connectivity index (χ0n) is 18.1. The third kappa shape index (κ3) is 5.94. The average Bonchev–Trinajstić information content (AvgIpc) is 2.67. The van der Waals surface area contributed by atoms with E-state index < -0.39 is 5.41 Å². The number of Topliss-reactive ketones (excluding diaryl/α,β-unsaturated/α-hetero) is 2. The van der Waals surface area contributed by atoms with Crippen LogP contribution in [-0.2, 0) is 28.6 Å². The van der Waals surface area contributed by atoms with Crippen LogP contribution in [0.3, 0.4) is 0 Å². The predicted octanol–water partition coefficient (Wildman–Crippen LogP) is 4.28. The molecule has 0 atom stereocenters. The van der Waals surface area contributed by atoms with Crippen molar-refractivity contribution in [2.45, 2.75) is 72.1 Å². The number of unbranched alkanes of at least 4 members (excludes halogenated alkanes) is 5. The van der Waals surface area contributed by atoms with Crippen LogP contribution >= 0.6 is 0 Å². The van der Waals surface area contributed by atoms with Crippen molar-refractivity contribution < 1.29 is 28.6 Å². The fourth-order valence-corrected chi connectivity index (χ4v) is 3.45. The molecule has 0 saturated carbocycles. The second-order valence-corrected chi connectivity index (χ2v) is 7.83. The lowest BCUT2D eigenvalue weighted by molar-refractivity contribution is -0.151. The van der Waals surface area contributed by atoms with Crippen LogP contribution in [0.1, 0.15) is 72.1 Å². The number of rotatable bonds is 12. The van der Waals surface area contributed by atoms with E-state index in [0.717, 1.165) is 44.9 Å². The monoisotopic (exact) mass is 394 g/mol. The molecular weight excluding hydrogens is 360 g/mol. The molecule has 1 aliphatic carbocycles. The number of carbonyl (C=O) groups is 3. The number of allylic oxidation sites excluding steroid dienone is 2. The van der Waals surface area contributed by atoms with Crippen molar-refractivity contribution in [3.63, 3.8) is 0 Å². The minimum atomic E-state index is -0.430. The first-order valence-corrected chi connectivity index (χ1v) is 9.91. The molecule has 0 aromatic rings. The van der Waals surface area contributed by atoms with Crippen LogP contribution in [0.25, 0.3) is 0 Å². The summed E-state index contributed by atoms with van der Waals surface area (Å²) in [6.07, 6.45) is 7.41. The van der Waals surface area contributed by atoms with E-state index in [1.807, 2.05) is 13.8 Å². The van der Waals surface area contributed by atoms with Gasteiger partial charge in [-0.3, -0.25) is 14.4 Å². The lowest BCUT2D eigenvalue weighted by atomic mass is 9.86. The van der Waals surface area contributed by atoms with Crippen LogP contribution in [0.15, 0.2) is 22.7 Å². The van der Waals surface area contributed by atoms with Crippen LogP contribution in [0.5, 0.6) is 0 Å². The first kappa shape index (κ1) is 23.9. The van der Waals surface area contributed by atoms with Crippen LogP contribution in [0.2, 0.25) is 0 Å². The Morgan fingerprint density at radius 2 is 1.32 bits per heavy atom. The summed E-state index contributed by atoms with van der Waals surface area (Å²) in [5, 5.41) is 0. The Labute approximate surface area is 168 Å². The largest absolute Gasteiger partial charge is 0.489 e. The molecule has 0 N–H and O–H groups in total. The lowest BCUT2D eigenvalue weighted by Gasteiger charge is -2.21. The van der Waals surface area contributed by atoms with E-state index in [1.54, 1.807) is 6.92 Å². The van der Waals surface area contributed by atoms with Gasteiger partial charge in [0.05, 0.1) is 26.7 Å². The van der Waals surface area contributed by atoms with Gasteiger partial charge in [0.2, 0.25) is 23.1 Å². The number of ketones is 2. The lowest BCUT2D eigenvalue weighted by Crippen LogP contribution is -2.25. The summed E-state index contributed by atoms with van der Waals surface area (Å²) in [4.78, 5) is 36.5. The van der Waals surface area contributed by atoms with Crippen molar-refractivity contribution in [1.29, 1.82) is 0 Å². The highest BCUT2D eigenvalue weighted by Gasteiger charge is 2.34. The molecule has 0 spiro atoms. The van der Waals surface area contributed by atoms with Crippen molar-refractivity contribution in [2.24, 2.45) is 5.41 Å². The minimum absolute atomic E-state index is 0.00122. The Morgan fingerprint density at radius 3 is 1.86 bits per heavy atom. The van der Waals surface area contributed by atoms with E-state index >= 15 is 0 Å². The fraction of sp³-hybridized carbons (Fsp3) is 0.682. The van der Waals surface area contributed by atoms with Gasteiger partial charge in [-0.15, -0.1) is 0 Å². The molecule has 6 nitrogen and oxygen atoms in total. The molecule has 28 heavy (non-hydrogen) atoms. The second kappa shape index (κ2) is 11.0. The normalized spacial score (nSPS) is 15.2. The van der Waals surface area contributed by atoms with Crippen molar-refractivity contribution >= 4 is 17.5 Å². The molecule has 6 heteroatoms. The van der Waals surface area contributed by atoms with E-state index in [1.165, 1.54) is 21.3 Å². The third-order valence-electron chi connectivity index (χ3n) is 5.31. The van der Waals surface area contributed by atoms with Crippen molar-refractivity contribution in [1.82, 2.24) is 0 Å². The van der Waals surface area contributed by atoms with Crippen LogP contribution in [-0.4, -0.2) is 38.9 Å². The molecule has 0 fully saturated rings. The molecule has 0 aromatic heterocycles. The van der Waals surface area contributed by atoms with Crippen LogP contribution < -0.4 is 0 Å². The minimum Gasteiger partial charge on any atom is -0.489 e. The van der Waals surface area contributed by atoms with E-state index in [4.69, 9.17) is 14.2 Å². The number of esters is 1. The number of hydrogen-bond acceptors (Lipinski definition) is 6. The smallest absolute Gasteiger partial charge is 0.311 e. The van der Waals surface area contributed by atoms with Gasteiger partial charge in [-0.05, 0) is 40.0 Å². The van der Waals surface area contributed by atoms with Gasteiger partial charge in [0, 0.05) is 11.1 Å². The van der Waals surface area contributed by atoms with Gasteiger partial charge < -0.3 is 14.2 Å². The van der Waals surface area contributed by atoms with Gasteiger partial charge in [-0.25, -0.2) is 0 Å². The molecule has 1 aliphatic rings. The zero-order chi connectivity index (χ0) is 21.3. The van der Waals surface area contributed by atoms with Crippen molar-refractivity contribution in [3.05, 3.63) is 22.7 Å². The molecule has 158 valence electrons. The maximum atomic E-state index is 12.5. The van der Waals surface area contributed by atoms with Gasteiger partial charge in [-0.1, -0.05) is 32.1 Å². The third-order valence-corrected chi connectivity index (χ3v) is 5.31. The number of ether oxygens (including phenoxy) is 3. The van der Waals surface area contributed by atoms with Gasteiger partial charge in [0.15, 0.2) is 0 Å². The van der Waals surface area contributed by atoms with Gasteiger partial charge in [0.1, 0.15) is 0 Å². The Bertz CT molecular complexity index is 654. The molecule has 0 bridgehead atoms. The highest BCUT2D eigenvalue weighted by molar-refractivity contribution is 6.23. The molecular formula is C22H34O6. The maximum Gasteiger partial charge on any atom is 0.311 e. The first-order chi connectivity index (χ1) is 13.2. The highest BCUT2D eigenvalue weighted by atomic mass is 16.5. The first-order valence-electron chi connectivity index (χ1n) is 9.91. The maximum absolute atomic E-state index is 12.5. The topological polar surface area (TPSA) is 78.9 Å². The van der Waals surface area contributed by atoms with Crippen LogP contribution in [0, 0.1) is 5.41 Å². The van der Waals surface area contributed by atoms with E-state index in [2.05, 4.69) is 0 Å². The summed E-state index contributed by atoms with van der Waals surface area (Å²) in [5.74, 6) is -0.697. The summed E-state index contributed by atoms with van der Waals surface area (Å²) >= 11 is 0. The summed E-state index contributed by atoms with van der Waals surface area (Å²) in [7, 11) is 4.16. The van der Waals surface area contributed by atoms with Crippen molar-refractivity contribution in [2.75, 3.05) is 21.3 Å². The molecule has 0 unspecified atom stereocenters. The van der Waals surface area contributed by atoms with E-state index in [-0.39, 0.29) is 29.1 Å². The molecule has 0 amide bonds. The molecule has 0 saturated heterocycles. The van der Waals surface area contributed by atoms with Crippen molar-refractivity contribution in [3.8, 4) is 0 Å². The molecule has 0 heterocycles. The zero-order valence-corrected chi connectivity index (χ0v) is 18.1. The quantitative estimate of drug-likeness (QED) is 0.279. The SMILES string of the molecule is COC(=O)C(C)(C)CCCCCCCCC1=C(C)C(=O)C(OC)=C(OC)C1=O. The summed E-state index contributed by atoms with van der Waals surface area (Å²) in [6.45, 7) is 5.49. The van der Waals surface area contributed by atoms with Gasteiger partial charge >= 0.3 is 5.97 Å². The predicted molar refractivity (Wildman–Crippen MR) is 106 cm³/mol. The number of hydrogen-bond donors (Lipinski definition) is 0. The standard InChI is InChI=1S/C22H34O6/c1-15-16(18(24)20(27-5)19(26-4)17(15)23)13-11-9-7-8-10-12-14-22(2,3)21(25)28-6/h7-14H2,1-6H3. The van der Waals surface area contributed by atoms with E-state index in [9.17, 15) is 14.4 Å². The Kier molecular flexibility index (Phi) is 9.42. The molecule has 0 radical (unpaired) electrons. The molecule has 0 aliphatic heterocycles. The summed E-state index contributed by atoms with van der Waals surface area (Å²) in [6, 6.07) is 0. The van der Waals surface area contributed by atoms with E-state index in [0.29, 0.717) is 17.6 Å². The Balaban J connectivity index is 2.37. The Hall–Kier alpha value is -2.11. The Morgan fingerprint density at radius 1 is 0.821 bits per heavy atom. The second-order valence-electron chi connectivity index (χ2n) is 7.83. The summed E-state index contributed by atoms with van der Waals surface area (Å²) < 4.78 is 15.0. The summed E-state index contributed by atoms with van der Waals surface area (Å²) in [5.41, 5.74) is 0.551. The molecule has 1 rings (SSSR count). The number of carbonyl (C=O) groups excluding carboxylic acids is 3. The van der Waals surface area contributed by atoms with Gasteiger partial charge in [-0.2, -0.15) is 0 Å². The average molecular weight is 395 g/mol. The highest BCUT2D eigenvalue weighted by Crippen LogP contribution is 2.29. The van der Waals surface area contributed by atoms with Crippen LogP contribution in [0.4, 0.5) is 0 Å².